The number of hydrogen-bond donors (Lipinski definition) is 1. The number of carbonyl (C=O) groups excluding carboxylic acids is 2. The van der Waals surface area contributed by atoms with E-state index in [9.17, 15) is 14.7 Å². The predicted molar refractivity (Wildman–Crippen MR) is 159 cm³/mol. The molecule has 6 rings (SSSR count). The lowest BCUT2D eigenvalue weighted by Crippen LogP contribution is -2.62. The Labute approximate surface area is 247 Å². The number of Topliss-reactive ketones (excluding diaryl/α,β-unsaturated/α-hetero) is 1. The zero-order valence-corrected chi connectivity index (χ0v) is 25.3. The number of allylic oxidation sites excluding steroid dienone is 4. The van der Waals surface area contributed by atoms with E-state index in [0.29, 0.717) is 25.3 Å². The number of hydrogen-bond acceptors (Lipinski definition) is 8. The van der Waals surface area contributed by atoms with E-state index in [0.717, 1.165) is 25.0 Å². The van der Waals surface area contributed by atoms with Crippen molar-refractivity contribution in [3.05, 3.63) is 59.2 Å². The molecular formula is C34H42N2O6. The van der Waals surface area contributed by atoms with Gasteiger partial charge in [-0.25, -0.2) is 4.99 Å². The highest BCUT2D eigenvalue weighted by Gasteiger charge is 2.74. The largest absolute Gasteiger partial charge is 0.475 e. The normalized spacial score (nSPS) is 38.8. The Bertz CT molecular complexity index is 1410. The Morgan fingerprint density at radius 2 is 2.05 bits per heavy atom. The van der Waals surface area contributed by atoms with E-state index >= 15 is 0 Å². The number of rotatable bonds is 7. The summed E-state index contributed by atoms with van der Waals surface area (Å²) in [5.74, 6) is 0.0799. The first-order valence-corrected chi connectivity index (χ1v) is 15.2. The maximum Gasteiger partial charge on any atom is 0.303 e. The summed E-state index contributed by atoms with van der Waals surface area (Å²) in [6.07, 6.45) is 9.01. The monoisotopic (exact) mass is 574 g/mol. The minimum Gasteiger partial charge on any atom is -0.475 e. The summed E-state index contributed by atoms with van der Waals surface area (Å²) in [5.41, 5.74) is 2.44. The van der Waals surface area contributed by atoms with Crippen LogP contribution in [0.5, 0.6) is 0 Å². The molecule has 8 heteroatoms. The van der Waals surface area contributed by atoms with Crippen molar-refractivity contribution < 1.29 is 29.0 Å². The first-order valence-electron chi connectivity index (χ1n) is 15.2. The summed E-state index contributed by atoms with van der Waals surface area (Å²) in [6.45, 7) is 9.66. The second kappa shape index (κ2) is 10.5. The molecule has 1 aromatic rings. The lowest BCUT2D eigenvalue weighted by Gasteiger charge is -2.59. The quantitative estimate of drug-likeness (QED) is 0.282. The van der Waals surface area contributed by atoms with Gasteiger partial charge in [0.1, 0.15) is 18.4 Å². The van der Waals surface area contributed by atoms with Crippen LogP contribution in [0.3, 0.4) is 0 Å². The molecule has 3 fully saturated rings. The van der Waals surface area contributed by atoms with Crippen molar-refractivity contribution in [2.75, 3.05) is 13.2 Å². The Morgan fingerprint density at radius 1 is 1.24 bits per heavy atom. The minimum atomic E-state index is -1.15. The molecule has 5 aliphatic rings. The number of esters is 1. The number of aryl methyl sites for hydroxylation is 1. The average Bonchev–Trinajstić information content (AvgIpc) is 3.39. The molecule has 1 aliphatic heterocycles. The van der Waals surface area contributed by atoms with Crippen molar-refractivity contribution in [2.45, 2.75) is 84.5 Å². The van der Waals surface area contributed by atoms with Crippen molar-refractivity contribution in [1.29, 1.82) is 0 Å². The van der Waals surface area contributed by atoms with Gasteiger partial charge < -0.3 is 19.4 Å². The van der Waals surface area contributed by atoms with E-state index in [-0.39, 0.29) is 35.6 Å². The summed E-state index contributed by atoms with van der Waals surface area (Å²) in [4.78, 5) is 35.9. The summed E-state index contributed by atoms with van der Waals surface area (Å²) in [6, 6.07) is 8.41. The molecule has 0 unspecified atom stereocenters. The average molecular weight is 575 g/mol. The molecule has 0 saturated heterocycles. The van der Waals surface area contributed by atoms with Crippen LogP contribution >= 0.6 is 0 Å². The number of benzene rings is 1. The van der Waals surface area contributed by atoms with E-state index in [1.54, 1.807) is 6.92 Å². The number of oxime groups is 1. The van der Waals surface area contributed by atoms with Gasteiger partial charge in [-0.1, -0.05) is 60.5 Å². The molecule has 0 amide bonds. The molecule has 4 aliphatic carbocycles. The topological polar surface area (TPSA) is 107 Å². The van der Waals surface area contributed by atoms with Crippen LogP contribution < -0.4 is 0 Å². The standard InChI is InChI=1S/C34H42N2O6/c1-20-7-6-8-23(15-20)12-14-41-36-25-11-13-32(4)24(16-25)9-10-26-27-17-30-34(35-21(2)42-30,29(39)19-40-22(3)37)33(27,5)18-28(38)31(26)32/h6-8,11,13,15-16,26-28,30-31,38H,9-10,12,14,17-19H2,1-5H3/b36-25+/t26-,27-,28-,30+,31+,32-,33-,34+/m0/s1. The number of aliphatic hydroxyl groups is 1. The van der Waals surface area contributed by atoms with Gasteiger partial charge in [0.2, 0.25) is 5.78 Å². The maximum atomic E-state index is 13.8. The van der Waals surface area contributed by atoms with E-state index in [2.05, 4.69) is 62.3 Å². The Kier molecular flexibility index (Phi) is 7.19. The molecule has 0 aromatic heterocycles. The number of nitrogens with zero attached hydrogens (tertiary/aromatic N) is 2. The predicted octanol–water partition coefficient (Wildman–Crippen LogP) is 4.92. The van der Waals surface area contributed by atoms with Gasteiger partial charge >= 0.3 is 5.97 Å². The molecule has 3 saturated carbocycles. The van der Waals surface area contributed by atoms with Gasteiger partial charge in [0.05, 0.1) is 6.10 Å². The second-order valence-electron chi connectivity index (χ2n) is 13.3. The van der Waals surface area contributed by atoms with Gasteiger partial charge in [-0.15, -0.1) is 0 Å². The van der Waals surface area contributed by atoms with Crippen LogP contribution in [0, 0.1) is 35.5 Å². The number of aliphatic hydroxyl groups excluding tert-OH is 1. The van der Waals surface area contributed by atoms with Gasteiger partial charge in [-0.05, 0) is 62.2 Å². The van der Waals surface area contributed by atoms with Crippen molar-refractivity contribution in [3.63, 3.8) is 0 Å². The first kappa shape index (κ1) is 28.8. The fourth-order valence-electron chi connectivity index (χ4n) is 9.18. The molecule has 8 atom stereocenters. The lowest BCUT2D eigenvalue weighted by molar-refractivity contribution is -0.154. The summed E-state index contributed by atoms with van der Waals surface area (Å²) >= 11 is 0. The van der Waals surface area contributed by atoms with Crippen LogP contribution in [-0.4, -0.2) is 59.4 Å². The van der Waals surface area contributed by atoms with Gasteiger partial charge in [-0.2, -0.15) is 0 Å². The molecule has 8 nitrogen and oxygen atoms in total. The van der Waals surface area contributed by atoms with E-state index in [4.69, 9.17) is 19.3 Å². The van der Waals surface area contributed by atoms with Crippen LogP contribution in [0.4, 0.5) is 0 Å². The zero-order valence-electron chi connectivity index (χ0n) is 25.3. The molecular weight excluding hydrogens is 532 g/mol. The van der Waals surface area contributed by atoms with E-state index in [1.807, 2.05) is 6.08 Å². The highest BCUT2D eigenvalue weighted by molar-refractivity contribution is 6.05. The van der Waals surface area contributed by atoms with Crippen molar-refractivity contribution >= 4 is 23.4 Å². The molecule has 0 radical (unpaired) electrons. The van der Waals surface area contributed by atoms with E-state index in [1.165, 1.54) is 23.6 Å². The van der Waals surface area contributed by atoms with Crippen LogP contribution in [0.25, 0.3) is 0 Å². The molecule has 42 heavy (non-hydrogen) atoms. The van der Waals surface area contributed by atoms with Crippen LogP contribution in [0.15, 0.2) is 58.2 Å². The SMILES string of the molecule is CC(=O)OCC(=O)[C@@]12N=C(C)O[C@@H]1C[C@H]1[C@@H]3CCC4=C/C(=N/OCCc5cccc(C)c5)C=C[C@]4(C)[C@H]3[C@@H](O)C[C@@]12C. The van der Waals surface area contributed by atoms with Crippen molar-refractivity contribution in [1.82, 2.24) is 0 Å². The van der Waals surface area contributed by atoms with E-state index < -0.39 is 29.1 Å². The molecule has 0 spiro atoms. The molecule has 0 bridgehead atoms. The first-order chi connectivity index (χ1) is 20.0. The fraction of sp³-hybridized carbons (Fsp3) is 0.588. The molecule has 1 aromatic carbocycles. The van der Waals surface area contributed by atoms with Crippen molar-refractivity contribution in [3.8, 4) is 0 Å². The highest BCUT2D eigenvalue weighted by atomic mass is 16.6. The maximum absolute atomic E-state index is 13.8. The second-order valence-corrected chi connectivity index (χ2v) is 13.3. The molecule has 1 N–H and O–H groups in total. The number of aliphatic imine (C=N–C) groups is 1. The van der Waals surface area contributed by atoms with Gasteiger partial charge in [0, 0.05) is 37.0 Å². The Hall–Kier alpha value is -3.26. The molecule has 224 valence electrons. The van der Waals surface area contributed by atoms with Gasteiger partial charge in [0.15, 0.2) is 18.0 Å². The zero-order chi connectivity index (χ0) is 29.9. The lowest BCUT2D eigenvalue weighted by atomic mass is 9.46. The van der Waals surface area contributed by atoms with Crippen molar-refractivity contribution in [2.24, 2.45) is 38.7 Å². The summed E-state index contributed by atoms with van der Waals surface area (Å²) in [7, 11) is 0. The summed E-state index contributed by atoms with van der Waals surface area (Å²) in [5, 5.41) is 16.3. The number of ketones is 1. The minimum absolute atomic E-state index is 0.000128. The Morgan fingerprint density at radius 3 is 2.81 bits per heavy atom. The third kappa shape index (κ3) is 4.45. The van der Waals surface area contributed by atoms with Crippen LogP contribution in [0.2, 0.25) is 0 Å². The fourth-order valence-corrected chi connectivity index (χ4v) is 9.18. The Balaban J connectivity index is 1.21. The molecule has 1 heterocycles. The van der Waals surface area contributed by atoms with Gasteiger partial charge in [-0.3, -0.25) is 9.59 Å². The van der Waals surface area contributed by atoms with Crippen LogP contribution in [-0.2, 0) is 30.3 Å². The third-order valence-electron chi connectivity index (χ3n) is 10.9. The number of carbonyl (C=O) groups is 2. The number of ether oxygens (including phenoxy) is 2. The van der Waals surface area contributed by atoms with Crippen LogP contribution in [0.1, 0.15) is 64.5 Å². The smallest absolute Gasteiger partial charge is 0.303 e. The third-order valence-corrected chi connectivity index (χ3v) is 10.9. The summed E-state index contributed by atoms with van der Waals surface area (Å²) < 4.78 is 11.3. The number of fused-ring (bicyclic) bond motifs is 7. The van der Waals surface area contributed by atoms with Gasteiger partial charge in [0.25, 0.3) is 0 Å². The highest BCUT2D eigenvalue weighted by Crippen LogP contribution is 2.69.